The molecule has 6 rings (SSSR count). The number of terminal acetylenes is 1. The number of piperazine rings is 1. The van der Waals surface area contributed by atoms with Crippen LogP contribution < -0.4 is 20.5 Å². The fourth-order valence-electron chi connectivity index (χ4n) is 5.99. The van der Waals surface area contributed by atoms with Gasteiger partial charge in [0.25, 0.3) is 11.5 Å². The van der Waals surface area contributed by atoms with Crippen LogP contribution in [0.1, 0.15) is 25.3 Å². The van der Waals surface area contributed by atoms with E-state index in [1.54, 1.807) is 0 Å². The molecule has 4 aromatic rings. The number of phenolic OH excluding ortho intramolecular Hbond substituents is 1. The summed E-state index contributed by atoms with van der Waals surface area (Å²) in [5, 5.41) is 13.9. The minimum Gasteiger partial charge on any atom is -0.508 e. The number of ether oxygens (including phenoxy) is 1. The molecule has 2 unspecified atom stereocenters. The first kappa shape index (κ1) is 26.8. The number of hydrogen-bond donors (Lipinski definition) is 2. The van der Waals surface area contributed by atoms with Crippen molar-refractivity contribution in [2.75, 3.05) is 25.1 Å². The Kier molecular flexibility index (Phi) is 6.30. The summed E-state index contributed by atoms with van der Waals surface area (Å²) < 4.78 is 66.6. The van der Waals surface area contributed by atoms with Crippen LogP contribution in [0.15, 0.2) is 29.1 Å². The summed E-state index contributed by atoms with van der Waals surface area (Å²) in [5.41, 5.74) is -2.58. The first-order valence-electron chi connectivity index (χ1n) is 13.0. The number of benzene rings is 2. The average Bonchev–Trinajstić information content (AvgIpc) is 3.27. The van der Waals surface area contributed by atoms with Crippen molar-refractivity contribution >= 4 is 27.5 Å². The number of halogens is 4. The Balaban J connectivity index is 1.75. The van der Waals surface area contributed by atoms with Gasteiger partial charge < -0.3 is 20.1 Å². The second kappa shape index (κ2) is 9.62. The van der Waals surface area contributed by atoms with Crippen molar-refractivity contribution in [3.63, 3.8) is 0 Å². The van der Waals surface area contributed by atoms with E-state index in [1.807, 2.05) is 4.90 Å². The van der Waals surface area contributed by atoms with E-state index in [-0.39, 0.29) is 56.9 Å². The van der Waals surface area contributed by atoms with Gasteiger partial charge in [0.05, 0.1) is 24.9 Å². The molecule has 212 valence electrons. The maximum absolute atomic E-state index is 16.8. The van der Waals surface area contributed by atoms with Crippen LogP contribution in [0.2, 0.25) is 0 Å². The molecule has 2 aromatic heterocycles. The summed E-state index contributed by atoms with van der Waals surface area (Å²) in [7, 11) is 1.29. The smallest absolute Gasteiger partial charge is 0.318 e. The van der Waals surface area contributed by atoms with Crippen molar-refractivity contribution in [3.05, 3.63) is 51.8 Å². The number of alkyl halides is 2. The van der Waals surface area contributed by atoms with Crippen LogP contribution in [0, 0.1) is 24.0 Å². The number of methoxy groups -OCH3 is 1. The summed E-state index contributed by atoms with van der Waals surface area (Å²) in [6, 6.07) is 4.74. The predicted molar refractivity (Wildman–Crippen MR) is 146 cm³/mol. The largest absolute Gasteiger partial charge is 0.508 e. The van der Waals surface area contributed by atoms with Crippen LogP contribution in [-0.2, 0) is 6.54 Å². The molecule has 0 saturated carbocycles. The number of phenols is 1. The highest BCUT2D eigenvalue weighted by atomic mass is 19.3. The van der Waals surface area contributed by atoms with Gasteiger partial charge in [-0.25, -0.2) is 17.6 Å². The maximum atomic E-state index is 16.8. The topological polar surface area (TPSA) is 92.5 Å². The van der Waals surface area contributed by atoms with Crippen molar-refractivity contribution in [3.8, 4) is 35.4 Å². The first-order chi connectivity index (χ1) is 19.5. The number of hydrogen-bond acceptors (Lipinski definition) is 7. The van der Waals surface area contributed by atoms with Crippen LogP contribution in [0.3, 0.4) is 0 Å². The molecule has 4 heterocycles. The number of pyridine rings is 1. The van der Waals surface area contributed by atoms with Gasteiger partial charge in [0.1, 0.15) is 28.3 Å². The molecular weight excluding hydrogens is 542 g/mol. The monoisotopic (exact) mass is 567 g/mol. The minimum absolute atomic E-state index is 0.0314. The van der Waals surface area contributed by atoms with E-state index in [4.69, 9.17) is 11.2 Å². The van der Waals surface area contributed by atoms with Crippen LogP contribution in [0.4, 0.5) is 23.4 Å². The van der Waals surface area contributed by atoms with Gasteiger partial charge in [-0.15, -0.1) is 6.42 Å². The zero-order chi connectivity index (χ0) is 29.2. The van der Waals surface area contributed by atoms with E-state index in [9.17, 15) is 23.1 Å². The summed E-state index contributed by atoms with van der Waals surface area (Å²) in [6.07, 6.45) is 7.40. The summed E-state index contributed by atoms with van der Waals surface area (Å²) in [4.78, 5) is 24.5. The summed E-state index contributed by atoms with van der Waals surface area (Å²) >= 11 is 0. The molecule has 41 heavy (non-hydrogen) atoms. The Labute approximate surface area is 231 Å². The van der Waals surface area contributed by atoms with Crippen molar-refractivity contribution in [1.29, 1.82) is 0 Å². The molecule has 2 saturated heterocycles. The maximum Gasteiger partial charge on any atom is 0.318 e. The van der Waals surface area contributed by atoms with Gasteiger partial charge in [-0.2, -0.15) is 9.97 Å². The number of nitrogens with one attached hydrogen (secondary N) is 1. The van der Waals surface area contributed by atoms with Gasteiger partial charge in [0, 0.05) is 43.0 Å². The van der Waals surface area contributed by atoms with Crippen molar-refractivity contribution in [2.45, 2.75) is 44.3 Å². The second-order valence-corrected chi connectivity index (χ2v) is 10.6. The van der Waals surface area contributed by atoms with Crippen LogP contribution >= 0.6 is 0 Å². The molecule has 2 aromatic carbocycles. The molecule has 0 spiro atoms. The van der Waals surface area contributed by atoms with Gasteiger partial charge in [-0.1, -0.05) is 12.0 Å². The van der Waals surface area contributed by atoms with Crippen molar-refractivity contribution in [1.82, 2.24) is 19.9 Å². The number of aromatic hydroxyl groups is 1. The zero-order valence-electron chi connectivity index (χ0n) is 22.1. The number of anilines is 1. The highest BCUT2D eigenvalue weighted by Crippen LogP contribution is 2.40. The molecule has 2 aliphatic rings. The average molecular weight is 568 g/mol. The Morgan fingerprint density at radius 1 is 1.17 bits per heavy atom. The van der Waals surface area contributed by atoms with Crippen LogP contribution in [0.5, 0.6) is 11.8 Å². The third-order valence-electron chi connectivity index (χ3n) is 7.60. The zero-order valence-corrected chi connectivity index (χ0v) is 22.1. The SMILES string of the molecule is C#Cc1c(F)ccc2cc(O)cc(-c3c(F)c4nc(OC)nc(N5CC6CCC(C5)N6)c4c(=O)n3CC(C)(F)F)c12. The Morgan fingerprint density at radius 2 is 1.88 bits per heavy atom. The van der Waals surface area contributed by atoms with Gasteiger partial charge >= 0.3 is 6.01 Å². The Morgan fingerprint density at radius 3 is 2.51 bits per heavy atom. The van der Waals surface area contributed by atoms with E-state index in [0.29, 0.717) is 24.6 Å². The lowest BCUT2D eigenvalue weighted by Gasteiger charge is -2.34. The normalized spacial score (nSPS) is 18.7. The third kappa shape index (κ3) is 4.50. The lowest BCUT2D eigenvalue weighted by atomic mass is 9.95. The molecule has 8 nitrogen and oxygen atoms in total. The lowest BCUT2D eigenvalue weighted by molar-refractivity contribution is 0.00339. The number of nitrogens with zero attached hydrogens (tertiary/aromatic N) is 4. The molecule has 12 heteroatoms. The number of rotatable bonds is 5. The van der Waals surface area contributed by atoms with E-state index in [1.165, 1.54) is 19.2 Å². The van der Waals surface area contributed by atoms with Gasteiger partial charge in [0.15, 0.2) is 5.82 Å². The first-order valence-corrected chi connectivity index (χ1v) is 13.0. The standard InChI is InChI=1S/C29H25F4N5O3/c1-4-18-20(30)8-5-14-9-17(39)10-19(21(14)18)25-23(31)24-22(27(40)38(25)13-29(2,32)33)26(36-28(35-24)41-3)37-11-15-6-7-16(12-37)34-15/h1,5,8-10,15-16,34,39H,6-7,11-13H2,2-3H3. The molecule has 0 aliphatic carbocycles. The summed E-state index contributed by atoms with van der Waals surface area (Å²) in [5.74, 6) is -3.51. The molecule has 0 amide bonds. The van der Waals surface area contributed by atoms with Gasteiger partial charge in [-0.3, -0.25) is 9.36 Å². The van der Waals surface area contributed by atoms with E-state index in [0.717, 1.165) is 25.0 Å². The Hall–Kier alpha value is -4.37. The molecule has 2 bridgehead atoms. The fraction of sp³-hybridized carbons (Fsp3) is 0.345. The molecule has 2 atom stereocenters. The van der Waals surface area contributed by atoms with E-state index >= 15 is 4.39 Å². The third-order valence-corrected chi connectivity index (χ3v) is 7.60. The quantitative estimate of drug-likeness (QED) is 0.276. The molecule has 2 N–H and O–H groups in total. The molecule has 0 radical (unpaired) electrons. The second-order valence-electron chi connectivity index (χ2n) is 10.6. The van der Waals surface area contributed by atoms with Gasteiger partial charge in [-0.05, 0) is 36.4 Å². The Bertz CT molecular complexity index is 1820. The molecule has 2 aliphatic heterocycles. The van der Waals surface area contributed by atoms with Gasteiger partial charge in [0.2, 0.25) is 0 Å². The minimum atomic E-state index is -3.47. The van der Waals surface area contributed by atoms with E-state index < -0.39 is 40.9 Å². The van der Waals surface area contributed by atoms with Crippen molar-refractivity contribution < 1.29 is 27.4 Å². The molecular formula is C29H25F4N5O3. The predicted octanol–water partition coefficient (Wildman–Crippen LogP) is 4.18. The summed E-state index contributed by atoms with van der Waals surface area (Å²) in [6.45, 7) is 0.295. The number of fused-ring (bicyclic) bond motifs is 4. The van der Waals surface area contributed by atoms with Crippen LogP contribution in [-0.4, -0.2) is 57.8 Å². The van der Waals surface area contributed by atoms with Crippen molar-refractivity contribution in [2.24, 2.45) is 0 Å². The van der Waals surface area contributed by atoms with E-state index in [2.05, 4.69) is 21.2 Å². The fourth-order valence-corrected chi connectivity index (χ4v) is 5.99. The lowest BCUT2D eigenvalue weighted by Crippen LogP contribution is -2.51. The van der Waals surface area contributed by atoms with Crippen LogP contribution in [0.25, 0.3) is 32.9 Å². The highest BCUT2D eigenvalue weighted by Gasteiger charge is 2.36. The number of aromatic nitrogens is 3. The highest BCUT2D eigenvalue weighted by molar-refractivity contribution is 6.03. The molecule has 2 fully saturated rings.